The molecule has 1 aliphatic heterocycles. The zero-order chi connectivity index (χ0) is 10.7. The number of rotatable bonds is 2. The summed E-state index contributed by atoms with van der Waals surface area (Å²) in [6.45, 7) is 2.01. The van der Waals surface area contributed by atoms with Crippen molar-refractivity contribution in [1.29, 1.82) is 5.26 Å². The Morgan fingerprint density at radius 1 is 1.33 bits per heavy atom. The molecule has 2 rings (SSSR count). The van der Waals surface area contributed by atoms with Crippen molar-refractivity contribution in [2.24, 2.45) is 5.92 Å². The third-order valence-corrected chi connectivity index (χ3v) is 3.04. The molecule has 3 heteroatoms. The van der Waals surface area contributed by atoms with Gasteiger partial charge in [0, 0.05) is 31.5 Å². The average molecular weight is 202 g/mol. The summed E-state index contributed by atoms with van der Waals surface area (Å²) in [5, 5.41) is 21.2. The van der Waals surface area contributed by atoms with E-state index in [0.29, 0.717) is 17.4 Å². The number of nitrogens with one attached hydrogen (secondary N) is 1. The van der Waals surface area contributed by atoms with Gasteiger partial charge in [0.2, 0.25) is 0 Å². The van der Waals surface area contributed by atoms with Crippen LogP contribution in [0.5, 0.6) is 0 Å². The molecule has 2 N–H and O–H groups in total. The Hall–Kier alpha value is -1.37. The zero-order valence-electron chi connectivity index (χ0n) is 8.48. The second kappa shape index (κ2) is 4.43. The molecular weight excluding hydrogens is 188 g/mol. The van der Waals surface area contributed by atoms with Crippen LogP contribution in [0.15, 0.2) is 24.3 Å². The standard InChI is InChI=1S/C12H14N2O/c13-5-9-1-3-10(4-2-9)12-7-14-6-11(12)8-15/h1-4,11-12,14-15H,6-8H2. The summed E-state index contributed by atoms with van der Waals surface area (Å²) in [6.07, 6.45) is 0. The smallest absolute Gasteiger partial charge is 0.0991 e. The predicted octanol–water partition coefficient (Wildman–Crippen LogP) is 0.854. The van der Waals surface area contributed by atoms with Crippen LogP contribution in [0.25, 0.3) is 0 Å². The molecule has 2 unspecified atom stereocenters. The highest BCUT2D eigenvalue weighted by Gasteiger charge is 2.27. The monoisotopic (exact) mass is 202 g/mol. The topological polar surface area (TPSA) is 56.0 Å². The lowest BCUT2D eigenvalue weighted by Crippen LogP contribution is -2.14. The lowest BCUT2D eigenvalue weighted by molar-refractivity contribution is 0.226. The molecule has 0 saturated carbocycles. The SMILES string of the molecule is N#Cc1ccc(C2CNCC2CO)cc1. The summed E-state index contributed by atoms with van der Waals surface area (Å²) in [5.41, 5.74) is 1.89. The van der Waals surface area contributed by atoms with Crippen LogP contribution in [0.4, 0.5) is 0 Å². The highest BCUT2D eigenvalue weighted by Crippen LogP contribution is 2.27. The van der Waals surface area contributed by atoms with E-state index >= 15 is 0 Å². The molecule has 1 aliphatic rings. The molecule has 0 spiro atoms. The third-order valence-electron chi connectivity index (χ3n) is 3.04. The van der Waals surface area contributed by atoms with E-state index in [4.69, 9.17) is 5.26 Å². The number of nitrogens with zero attached hydrogens (tertiary/aromatic N) is 1. The first-order valence-corrected chi connectivity index (χ1v) is 5.17. The summed E-state index contributed by atoms with van der Waals surface area (Å²) in [6, 6.07) is 9.75. The lowest BCUT2D eigenvalue weighted by atomic mass is 9.89. The van der Waals surface area contributed by atoms with Gasteiger partial charge in [-0.3, -0.25) is 0 Å². The first kappa shape index (κ1) is 10.2. The van der Waals surface area contributed by atoms with Crippen LogP contribution in [-0.2, 0) is 0 Å². The molecule has 1 heterocycles. The van der Waals surface area contributed by atoms with Crippen LogP contribution in [0.2, 0.25) is 0 Å². The van der Waals surface area contributed by atoms with Gasteiger partial charge >= 0.3 is 0 Å². The number of benzene rings is 1. The number of hydrogen-bond donors (Lipinski definition) is 2. The van der Waals surface area contributed by atoms with Gasteiger partial charge in [0.1, 0.15) is 0 Å². The van der Waals surface area contributed by atoms with Gasteiger partial charge in [0.15, 0.2) is 0 Å². The Morgan fingerprint density at radius 2 is 2.07 bits per heavy atom. The second-order valence-corrected chi connectivity index (χ2v) is 3.94. The van der Waals surface area contributed by atoms with E-state index in [0.717, 1.165) is 13.1 Å². The fourth-order valence-corrected chi connectivity index (χ4v) is 2.12. The quantitative estimate of drug-likeness (QED) is 0.747. The van der Waals surface area contributed by atoms with Crippen LogP contribution in [0.1, 0.15) is 17.0 Å². The van der Waals surface area contributed by atoms with E-state index < -0.39 is 0 Å². The number of nitriles is 1. The van der Waals surface area contributed by atoms with Crippen LogP contribution >= 0.6 is 0 Å². The molecule has 1 aromatic carbocycles. The number of aliphatic hydroxyl groups is 1. The molecule has 3 nitrogen and oxygen atoms in total. The van der Waals surface area contributed by atoms with E-state index in [1.807, 2.05) is 24.3 Å². The minimum absolute atomic E-state index is 0.220. The van der Waals surface area contributed by atoms with Gasteiger partial charge in [-0.15, -0.1) is 0 Å². The van der Waals surface area contributed by atoms with Gasteiger partial charge in [-0.25, -0.2) is 0 Å². The van der Waals surface area contributed by atoms with Crippen LogP contribution in [0.3, 0.4) is 0 Å². The van der Waals surface area contributed by atoms with E-state index in [2.05, 4.69) is 11.4 Å². The van der Waals surface area contributed by atoms with Gasteiger partial charge in [-0.2, -0.15) is 5.26 Å². The molecule has 0 amide bonds. The minimum atomic E-state index is 0.220. The van der Waals surface area contributed by atoms with Crippen molar-refractivity contribution in [3.8, 4) is 6.07 Å². The first-order chi connectivity index (χ1) is 7.35. The second-order valence-electron chi connectivity index (χ2n) is 3.94. The first-order valence-electron chi connectivity index (χ1n) is 5.17. The maximum Gasteiger partial charge on any atom is 0.0991 e. The zero-order valence-corrected chi connectivity index (χ0v) is 8.48. The van der Waals surface area contributed by atoms with E-state index in [9.17, 15) is 5.11 Å². The lowest BCUT2D eigenvalue weighted by Gasteiger charge is -2.16. The van der Waals surface area contributed by atoms with Gasteiger partial charge in [-0.05, 0) is 17.7 Å². The molecule has 0 bridgehead atoms. The molecular formula is C12H14N2O. The molecule has 15 heavy (non-hydrogen) atoms. The van der Waals surface area contributed by atoms with Crippen molar-refractivity contribution < 1.29 is 5.11 Å². The van der Waals surface area contributed by atoms with Crippen molar-refractivity contribution in [2.75, 3.05) is 19.7 Å². The van der Waals surface area contributed by atoms with Crippen LogP contribution in [-0.4, -0.2) is 24.8 Å². The maximum absolute atomic E-state index is 9.21. The molecule has 1 aromatic rings. The highest BCUT2D eigenvalue weighted by atomic mass is 16.3. The Labute approximate surface area is 89.4 Å². The summed E-state index contributed by atoms with van der Waals surface area (Å²) in [7, 11) is 0. The minimum Gasteiger partial charge on any atom is -0.396 e. The Bertz CT molecular complexity index is 366. The number of hydrogen-bond acceptors (Lipinski definition) is 3. The van der Waals surface area contributed by atoms with E-state index in [1.54, 1.807) is 0 Å². The van der Waals surface area contributed by atoms with Crippen molar-refractivity contribution in [3.05, 3.63) is 35.4 Å². The fourth-order valence-electron chi connectivity index (χ4n) is 2.12. The van der Waals surface area contributed by atoms with Gasteiger partial charge in [0.05, 0.1) is 11.6 Å². The molecule has 1 saturated heterocycles. The van der Waals surface area contributed by atoms with Gasteiger partial charge in [-0.1, -0.05) is 12.1 Å². The van der Waals surface area contributed by atoms with Crippen molar-refractivity contribution in [1.82, 2.24) is 5.32 Å². The number of aliphatic hydroxyl groups excluding tert-OH is 1. The third kappa shape index (κ3) is 2.01. The molecule has 2 atom stereocenters. The average Bonchev–Trinajstić information content (AvgIpc) is 2.77. The molecule has 0 aliphatic carbocycles. The normalized spacial score (nSPS) is 25.1. The van der Waals surface area contributed by atoms with E-state index in [-0.39, 0.29) is 6.61 Å². The summed E-state index contributed by atoms with van der Waals surface area (Å²) in [4.78, 5) is 0. The summed E-state index contributed by atoms with van der Waals surface area (Å²) in [5.74, 6) is 0.681. The molecule has 78 valence electrons. The fraction of sp³-hybridized carbons (Fsp3) is 0.417. The molecule has 0 aromatic heterocycles. The highest BCUT2D eigenvalue weighted by molar-refractivity contribution is 5.33. The van der Waals surface area contributed by atoms with E-state index in [1.165, 1.54) is 5.56 Å². The van der Waals surface area contributed by atoms with Crippen molar-refractivity contribution >= 4 is 0 Å². The van der Waals surface area contributed by atoms with Crippen molar-refractivity contribution in [3.63, 3.8) is 0 Å². The van der Waals surface area contributed by atoms with Crippen molar-refractivity contribution in [2.45, 2.75) is 5.92 Å². The largest absolute Gasteiger partial charge is 0.396 e. The van der Waals surface area contributed by atoms with Crippen LogP contribution in [0, 0.1) is 17.2 Å². The predicted molar refractivity (Wildman–Crippen MR) is 57.3 cm³/mol. The molecule has 0 radical (unpaired) electrons. The Balaban J connectivity index is 2.19. The van der Waals surface area contributed by atoms with Gasteiger partial charge < -0.3 is 10.4 Å². The molecule has 1 fully saturated rings. The maximum atomic E-state index is 9.21. The summed E-state index contributed by atoms with van der Waals surface area (Å²) < 4.78 is 0. The van der Waals surface area contributed by atoms with Crippen LogP contribution < -0.4 is 5.32 Å². The Morgan fingerprint density at radius 3 is 2.67 bits per heavy atom. The Kier molecular flexibility index (Phi) is 3.00. The summed E-state index contributed by atoms with van der Waals surface area (Å²) >= 11 is 0. The van der Waals surface area contributed by atoms with Gasteiger partial charge in [0.25, 0.3) is 0 Å².